The summed E-state index contributed by atoms with van der Waals surface area (Å²) < 4.78 is 10.6. The van der Waals surface area contributed by atoms with Crippen molar-refractivity contribution in [1.29, 1.82) is 0 Å². The van der Waals surface area contributed by atoms with E-state index in [0.717, 1.165) is 24.8 Å². The number of anilines is 2. The first kappa shape index (κ1) is 22.1. The average Bonchev–Trinajstić information content (AvgIpc) is 3.26. The van der Waals surface area contributed by atoms with Crippen LogP contribution in [0.3, 0.4) is 0 Å². The van der Waals surface area contributed by atoms with Crippen LogP contribution >= 0.6 is 11.3 Å². The van der Waals surface area contributed by atoms with Gasteiger partial charge in [-0.05, 0) is 57.7 Å². The van der Waals surface area contributed by atoms with Gasteiger partial charge < -0.3 is 25.4 Å². The number of ether oxygens (including phenoxy) is 2. The monoisotopic (exact) mass is 431 g/mol. The van der Waals surface area contributed by atoms with Gasteiger partial charge >= 0.3 is 0 Å². The van der Waals surface area contributed by atoms with E-state index in [1.807, 2.05) is 20.8 Å². The molecule has 0 saturated carbocycles. The second kappa shape index (κ2) is 9.06. The maximum atomic E-state index is 13.2. The molecule has 0 radical (unpaired) electrons. The quantitative estimate of drug-likeness (QED) is 0.620. The average molecular weight is 432 g/mol. The van der Waals surface area contributed by atoms with E-state index in [4.69, 9.17) is 9.47 Å². The van der Waals surface area contributed by atoms with Gasteiger partial charge in [-0.3, -0.25) is 9.59 Å². The van der Waals surface area contributed by atoms with E-state index >= 15 is 0 Å². The third-order valence-electron chi connectivity index (χ3n) is 4.84. The molecule has 1 aliphatic rings. The van der Waals surface area contributed by atoms with Crippen molar-refractivity contribution in [2.24, 2.45) is 0 Å². The number of methoxy groups -OCH3 is 2. The molecule has 1 aliphatic carbocycles. The van der Waals surface area contributed by atoms with Crippen molar-refractivity contribution in [1.82, 2.24) is 5.32 Å². The summed E-state index contributed by atoms with van der Waals surface area (Å²) >= 11 is 1.49. The largest absolute Gasteiger partial charge is 0.497 e. The Kier molecular flexibility index (Phi) is 6.67. The highest BCUT2D eigenvalue weighted by molar-refractivity contribution is 7.17. The zero-order valence-corrected chi connectivity index (χ0v) is 18.9. The van der Waals surface area contributed by atoms with Crippen LogP contribution < -0.4 is 25.4 Å². The number of nitrogens with one attached hydrogen (secondary N) is 3. The minimum Gasteiger partial charge on any atom is -0.497 e. The van der Waals surface area contributed by atoms with Gasteiger partial charge in [-0.2, -0.15) is 0 Å². The Labute approximate surface area is 181 Å². The summed E-state index contributed by atoms with van der Waals surface area (Å²) in [6, 6.07) is 5.22. The lowest BCUT2D eigenvalue weighted by Gasteiger charge is -2.20. The summed E-state index contributed by atoms with van der Waals surface area (Å²) in [5, 5.41) is 9.64. The summed E-state index contributed by atoms with van der Waals surface area (Å²) in [6.45, 7) is 6.18. The summed E-state index contributed by atoms with van der Waals surface area (Å²) in [5.74, 6) is 0.730. The first-order chi connectivity index (χ1) is 14.2. The minimum absolute atomic E-state index is 0.166. The lowest BCUT2D eigenvalue weighted by atomic mass is 10.1. The number of rotatable bonds is 7. The minimum atomic E-state index is -0.253. The van der Waals surface area contributed by atoms with Crippen molar-refractivity contribution >= 4 is 33.8 Å². The smallest absolute Gasteiger partial charge is 0.259 e. The number of carbonyl (C=O) groups is 2. The van der Waals surface area contributed by atoms with Crippen molar-refractivity contribution in [2.45, 2.75) is 45.6 Å². The fourth-order valence-corrected chi connectivity index (χ4v) is 4.64. The standard InChI is InChI=1S/C22H29N3O4S/c1-22(2,3)23-12-18(26)25-21-19(14-7-6-8-17(14)30-21)20(27)24-15-10-9-13(28-4)11-16(15)29-5/h9-11,23H,6-8,12H2,1-5H3,(H,24,27)(H,25,26). The predicted molar refractivity (Wildman–Crippen MR) is 120 cm³/mol. The number of amides is 2. The van der Waals surface area contributed by atoms with E-state index in [1.165, 1.54) is 16.2 Å². The molecule has 3 rings (SSSR count). The molecule has 0 unspecified atom stereocenters. The van der Waals surface area contributed by atoms with Gasteiger partial charge in [0, 0.05) is 16.5 Å². The van der Waals surface area contributed by atoms with Gasteiger partial charge in [-0.1, -0.05) is 0 Å². The van der Waals surface area contributed by atoms with Crippen molar-refractivity contribution < 1.29 is 19.1 Å². The first-order valence-electron chi connectivity index (χ1n) is 9.94. The number of fused-ring (bicyclic) bond motifs is 1. The Morgan fingerprint density at radius 3 is 2.53 bits per heavy atom. The fourth-order valence-electron chi connectivity index (χ4n) is 3.34. The van der Waals surface area contributed by atoms with Crippen LogP contribution in [-0.2, 0) is 17.6 Å². The van der Waals surface area contributed by atoms with Crippen LogP contribution in [0.15, 0.2) is 18.2 Å². The summed E-state index contributed by atoms with van der Waals surface area (Å²) in [4.78, 5) is 26.8. The Bertz CT molecular complexity index is 947. The molecular formula is C22H29N3O4S. The van der Waals surface area contributed by atoms with E-state index in [9.17, 15) is 9.59 Å². The molecule has 0 spiro atoms. The third kappa shape index (κ3) is 5.12. The first-order valence-corrected chi connectivity index (χ1v) is 10.8. The summed E-state index contributed by atoms with van der Waals surface area (Å²) in [7, 11) is 3.12. The predicted octanol–water partition coefficient (Wildman–Crippen LogP) is 3.83. The normalized spacial score (nSPS) is 13.0. The van der Waals surface area contributed by atoms with Crippen molar-refractivity contribution in [3.05, 3.63) is 34.2 Å². The third-order valence-corrected chi connectivity index (χ3v) is 6.04. The molecule has 0 fully saturated rings. The Morgan fingerprint density at radius 1 is 1.10 bits per heavy atom. The summed E-state index contributed by atoms with van der Waals surface area (Å²) in [6.07, 6.45) is 2.79. The number of thiophene rings is 1. The van der Waals surface area contributed by atoms with Gasteiger partial charge in [0.25, 0.3) is 5.91 Å². The molecule has 30 heavy (non-hydrogen) atoms. The Morgan fingerprint density at radius 2 is 1.87 bits per heavy atom. The molecule has 0 atom stereocenters. The number of hydrogen-bond donors (Lipinski definition) is 3. The van der Waals surface area contributed by atoms with Crippen molar-refractivity contribution in [2.75, 3.05) is 31.4 Å². The molecule has 162 valence electrons. The molecule has 0 saturated heterocycles. The molecule has 0 aliphatic heterocycles. The van der Waals surface area contributed by atoms with Crippen LogP contribution in [0.4, 0.5) is 10.7 Å². The number of aryl methyl sites for hydroxylation is 1. The highest BCUT2D eigenvalue weighted by atomic mass is 32.1. The number of carbonyl (C=O) groups excluding carboxylic acids is 2. The van der Waals surface area contributed by atoms with Crippen LogP contribution in [0.25, 0.3) is 0 Å². The van der Waals surface area contributed by atoms with Gasteiger partial charge in [-0.25, -0.2) is 0 Å². The Balaban J connectivity index is 1.83. The van der Waals surface area contributed by atoms with Crippen LogP contribution in [0.2, 0.25) is 0 Å². The lowest BCUT2D eigenvalue weighted by molar-refractivity contribution is -0.115. The topological polar surface area (TPSA) is 88.7 Å². The van der Waals surface area contributed by atoms with Crippen LogP contribution in [-0.4, -0.2) is 38.1 Å². The molecule has 1 aromatic heterocycles. The molecule has 7 nitrogen and oxygen atoms in total. The number of benzene rings is 1. The molecular weight excluding hydrogens is 402 g/mol. The molecule has 8 heteroatoms. The van der Waals surface area contributed by atoms with Gasteiger partial charge in [-0.15, -0.1) is 11.3 Å². The maximum Gasteiger partial charge on any atom is 0.259 e. The molecule has 1 aromatic carbocycles. The number of hydrogen-bond acceptors (Lipinski definition) is 6. The van der Waals surface area contributed by atoms with Gasteiger partial charge in [0.2, 0.25) is 5.91 Å². The highest BCUT2D eigenvalue weighted by Gasteiger charge is 2.28. The van der Waals surface area contributed by atoms with Gasteiger partial charge in [0.1, 0.15) is 16.5 Å². The van der Waals surface area contributed by atoms with Gasteiger partial charge in [0.05, 0.1) is 32.0 Å². The SMILES string of the molecule is COc1ccc(NC(=O)c2c(NC(=O)CNC(C)(C)C)sc3c2CCC3)c(OC)c1. The summed E-state index contributed by atoms with van der Waals surface area (Å²) in [5.41, 5.74) is 1.96. The van der Waals surface area contributed by atoms with Gasteiger partial charge in [0.15, 0.2) is 0 Å². The molecule has 2 aromatic rings. The molecule has 0 bridgehead atoms. The maximum absolute atomic E-state index is 13.2. The van der Waals surface area contributed by atoms with E-state index in [0.29, 0.717) is 27.8 Å². The fraction of sp³-hybridized carbons (Fsp3) is 0.455. The van der Waals surface area contributed by atoms with Crippen LogP contribution in [0.1, 0.15) is 48.0 Å². The van der Waals surface area contributed by atoms with Crippen LogP contribution in [0.5, 0.6) is 11.5 Å². The van der Waals surface area contributed by atoms with E-state index in [1.54, 1.807) is 32.4 Å². The molecule has 3 N–H and O–H groups in total. The van der Waals surface area contributed by atoms with Crippen molar-refractivity contribution in [3.8, 4) is 11.5 Å². The lowest BCUT2D eigenvalue weighted by Crippen LogP contribution is -2.41. The molecule has 2 amide bonds. The second-order valence-corrected chi connectivity index (χ2v) is 9.34. The van der Waals surface area contributed by atoms with E-state index in [-0.39, 0.29) is 23.9 Å². The zero-order valence-electron chi connectivity index (χ0n) is 18.1. The van der Waals surface area contributed by atoms with E-state index < -0.39 is 0 Å². The van der Waals surface area contributed by atoms with E-state index in [2.05, 4.69) is 16.0 Å². The Hall–Kier alpha value is -2.58. The molecule has 1 heterocycles. The zero-order chi connectivity index (χ0) is 21.9. The van der Waals surface area contributed by atoms with Crippen molar-refractivity contribution in [3.63, 3.8) is 0 Å². The second-order valence-electron chi connectivity index (χ2n) is 8.23. The van der Waals surface area contributed by atoms with Crippen LogP contribution in [0, 0.1) is 0 Å². The highest BCUT2D eigenvalue weighted by Crippen LogP contribution is 2.40.